The van der Waals surface area contributed by atoms with E-state index in [0.717, 1.165) is 6.07 Å². The Morgan fingerprint density at radius 2 is 2.27 bits per heavy atom. The quantitative estimate of drug-likeness (QED) is 0.437. The van der Waals surface area contributed by atoms with Gasteiger partial charge >= 0.3 is 0 Å². The van der Waals surface area contributed by atoms with Crippen molar-refractivity contribution in [2.24, 2.45) is 0 Å². The molecule has 1 nitrogen and oxygen atoms in total. The first-order valence-corrected chi connectivity index (χ1v) is 2.99. The van der Waals surface area contributed by atoms with Crippen LogP contribution in [0.3, 0.4) is 0 Å². The lowest BCUT2D eigenvalue weighted by molar-refractivity contribution is 0.112. The van der Waals surface area contributed by atoms with Gasteiger partial charge in [0, 0.05) is 11.1 Å². The Balaban J connectivity index is 3.30. The standard InChI is InChI=1S/C9H5FO/c1-2-7-5-9(10)4-3-8(7)6-11/h1,3-6H. The normalized spacial score (nSPS) is 8.73. The van der Waals surface area contributed by atoms with Crippen LogP contribution in [0.2, 0.25) is 0 Å². The van der Waals surface area contributed by atoms with Gasteiger partial charge in [0.2, 0.25) is 0 Å². The molecule has 0 aliphatic carbocycles. The number of hydrogen-bond donors (Lipinski definition) is 0. The molecule has 2 heteroatoms. The summed E-state index contributed by atoms with van der Waals surface area (Å²) in [7, 11) is 0. The molecule has 0 saturated heterocycles. The molecule has 1 aromatic carbocycles. The summed E-state index contributed by atoms with van der Waals surface area (Å²) < 4.78 is 12.5. The predicted octanol–water partition coefficient (Wildman–Crippen LogP) is 1.62. The minimum absolute atomic E-state index is 0.292. The monoisotopic (exact) mass is 148 g/mol. The van der Waals surface area contributed by atoms with Crippen LogP contribution < -0.4 is 0 Å². The maximum atomic E-state index is 12.5. The highest BCUT2D eigenvalue weighted by Gasteiger charge is 1.98. The molecule has 54 valence electrons. The van der Waals surface area contributed by atoms with Crippen LogP contribution in [-0.2, 0) is 0 Å². The van der Waals surface area contributed by atoms with Gasteiger partial charge in [0.15, 0.2) is 6.29 Å². The van der Waals surface area contributed by atoms with Crippen molar-refractivity contribution in [1.29, 1.82) is 0 Å². The second-order valence-corrected chi connectivity index (χ2v) is 1.99. The fraction of sp³-hybridized carbons (Fsp3) is 0. The summed E-state index contributed by atoms with van der Waals surface area (Å²) in [6.45, 7) is 0. The minimum atomic E-state index is -0.427. The first-order valence-electron chi connectivity index (χ1n) is 2.99. The van der Waals surface area contributed by atoms with Crippen molar-refractivity contribution in [3.05, 3.63) is 35.1 Å². The van der Waals surface area contributed by atoms with Gasteiger partial charge in [-0.1, -0.05) is 5.92 Å². The molecule has 0 radical (unpaired) electrons. The van der Waals surface area contributed by atoms with E-state index in [9.17, 15) is 9.18 Å². The SMILES string of the molecule is C#Cc1cc(F)ccc1C=O. The molecule has 11 heavy (non-hydrogen) atoms. The molecule has 0 saturated carbocycles. The third kappa shape index (κ3) is 1.44. The van der Waals surface area contributed by atoms with Crippen LogP contribution >= 0.6 is 0 Å². The summed E-state index contributed by atoms with van der Waals surface area (Å²) in [5, 5.41) is 0. The molecule has 1 rings (SSSR count). The van der Waals surface area contributed by atoms with E-state index in [2.05, 4.69) is 5.92 Å². The smallest absolute Gasteiger partial charge is 0.151 e. The Morgan fingerprint density at radius 3 is 2.82 bits per heavy atom. The second kappa shape index (κ2) is 2.98. The fourth-order valence-electron chi connectivity index (χ4n) is 0.756. The van der Waals surface area contributed by atoms with Gasteiger partial charge in [-0.2, -0.15) is 0 Å². The van der Waals surface area contributed by atoms with E-state index < -0.39 is 5.82 Å². The van der Waals surface area contributed by atoms with E-state index in [1.165, 1.54) is 12.1 Å². The molecule has 0 N–H and O–H groups in total. The van der Waals surface area contributed by atoms with Crippen LogP contribution in [0.4, 0.5) is 4.39 Å². The lowest BCUT2D eigenvalue weighted by atomic mass is 10.1. The summed E-state index contributed by atoms with van der Waals surface area (Å²) in [6, 6.07) is 3.71. The van der Waals surface area contributed by atoms with Crippen LogP contribution in [0.25, 0.3) is 0 Å². The molecule has 1 aromatic rings. The third-order valence-corrected chi connectivity index (χ3v) is 1.30. The zero-order valence-electron chi connectivity index (χ0n) is 5.67. The largest absolute Gasteiger partial charge is 0.298 e. The molecule has 0 unspecified atom stereocenters. The molecule has 0 bridgehead atoms. The van der Waals surface area contributed by atoms with E-state index >= 15 is 0 Å². The van der Waals surface area contributed by atoms with Gasteiger partial charge in [0.05, 0.1) is 0 Å². The molecule has 0 aliphatic rings. The number of halogens is 1. The van der Waals surface area contributed by atoms with Crippen LogP contribution in [0.5, 0.6) is 0 Å². The highest BCUT2D eigenvalue weighted by atomic mass is 19.1. The summed E-state index contributed by atoms with van der Waals surface area (Å²) in [6.07, 6.45) is 5.63. The van der Waals surface area contributed by atoms with Crippen molar-refractivity contribution in [2.45, 2.75) is 0 Å². The Labute approximate surface area is 63.9 Å². The van der Waals surface area contributed by atoms with Crippen molar-refractivity contribution in [2.75, 3.05) is 0 Å². The van der Waals surface area contributed by atoms with E-state index in [4.69, 9.17) is 6.42 Å². The number of benzene rings is 1. The van der Waals surface area contributed by atoms with Gasteiger partial charge in [0.25, 0.3) is 0 Å². The number of carbonyl (C=O) groups excluding carboxylic acids is 1. The number of aldehydes is 1. The number of carbonyl (C=O) groups is 1. The number of terminal acetylenes is 1. The van der Waals surface area contributed by atoms with E-state index in [1.54, 1.807) is 0 Å². The van der Waals surface area contributed by atoms with Crippen molar-refractivity contribution in [3.63, 3.8) is 0 Å². The minimum Gasteiger partial charge on any atom is -0.298 e. The zero-order chi connectivity index (χ0) is 8.27. The Bertz CT molecular complexity index is 323. The average Bonchev–Trinajstić information content (AvgIpc) is 2.04. The number of hydrogen-bond acceptors (Lipinski definition) is 1. The van der Waals surface area contributed by atoms with E-state index in [-0.39, 0.29) is 0 Å². The van der Waals surface area contributed by atoms with Crippen LogP contribution in [0.15, 0.2) is 18.2 Å². The first-order chi connectivity index (χ1) is 5.27. The summed E-state index contributed by atoms with van der Waals surface area (Å²) in [5.41, 5.74) is 0.633. The van der Waals surface area contributed by atoms with Crippen molar-refractivity contribution in [3.8, 4) is 12.3 Å². The molecular weight excluding hydrogens is 143 g/mol. The van der Waals surface area contributed by atoms with Crippen molar-refractivity contribution < 1.29 is 9.18 Å². The van der Waals surface area contributed by atoms with E-state index in [0.29, 0.717) is 17.4 Å². The number of rotatable bonds is 1. The molecule has 0 atom stereocenters. The molecule has 0 amide bonds. The Morgan fingerprint density at radius 1 is 1.55 bits per heavy atom. The predicted molar refractivity (Wildman–Crippen MR) is 39.7 cm³/mol. The lowest BCUT2D eigenvalue weighted by Gasteiger charge is -1.94. The van der Waals surface area contributed by atoms with Crippen molar-refractivity contribution >= 4 is 6.29 Å². The van der Waals surface area contributed by atoms with Gasteiger partial charge in [-0.05, 0) is 18.2 Å². The van der Waals surface area contributed by atoms with Crippen LogP contribution in [-0.4, -0.2) is 6.29 Å². The van der Waals surface area contributed by atoms with Crippen LogP contribution in [0.1, 0.15) is 15.9 Å². The average molecular weight is 148 g/mol. The first kappa shape index (κ1) is 7.49. The van der Waals surface area contributed by atoms with Gasteiger partial charge < -0.3 is 0 Å². The molecule has 0 heterocycles. The summed E-state index contributed by atoms with van der Waals surface area (Å²) in [4.78, 5) is 10.3. The Hall–Kier alpha value is -1.62. The van der Waals surface area contributed by atoms with Gasteiger partial charge in [-0.25, -0.2) is 4.39 Å². The highest BCUT2D eigenvalue weighted by Crippen LogP contribution is 2.07. The molecular formula is C9H5FO. The van der Waals surface area contributed by atoms with Gasteiger partial charge in [-0.3, -0.25) is 4.79 Å². The zero-order valence-corrected chi connectivity index (χ0v) is 5.67. The van der Waals surface area contributed by atoms with Crippen molar-refractivity contribution in [1.82, 2.24) is 0 Å². The van der Waals surface area contributed by atoms with Crippen LogP contribution in [0, 0.1) is 18.2 Å². The molecule has 0 spiro atoms. The summed E-state index contributed by atoms with van der Waals surface area (Å²) >= 11 is 0. The topological polar surface area (TPSA) is 17.1 Å². The highest BCUT2D eigenvalue weighted by molar-refractivity contribution is 5.79. The third-order valence-electron chi connectivity index (χ3n) is 1.30. The van der Waals surface area contributed by atoms with E-state index in [1.807, 2.05) is 0 Å². The van der Waals surface area contributed by atoms with Gasteiger partial charge in [0.1, 0.15) is 5.82 Å². The lowest BCUT2D eigenvalue weighted by Crippen LogP contribution is -1.87. The van der Waals surface area contributed by atoms with Gasteiger partial charge in [-0.15, -0.1) is 6.42 Å². The molecule has 0 aromatic heterocycles. The summed E-state index contributed by atoms with van der Waals surface area (Å²) in [5.74, 6) is 1.79. The second-order valence-electron chi connectivity index (χ2n) is 1.99. The maximum Gasteiger partial charge on any atom is 0.151 e. The maximum absolute atomic E-state index is 12.5. The molecule has 0 fully saturated rings. The Kier molecular flexibility index (Phi) is 2.03. The fourth-order valence-corrected chi connectivity index (χ4v) is 0.756. The molecule has 0 aliphatic heterocycles.